The summed E-state index contributed by atoms with van der Waals surface area (Å²) in [6.07, 6.45) is 5.54. The van der Waals surface area contributed by atoms with Gasteiger partial charge in [0.25, 0.3) is 0 Å². The Hall–Kier alpha value is 0.480. The molecular formula is C8H17Br. The number of hydrogen-bond acceptors (Lipinski definition) is 0. The number of halogens is 1. The zero-order valence-corrected chi connectivity index (χ0v) is 8.08. The first-order valence-corrected chi connectivity index (χ1v) is 4.99. The molecule has 0 spiro atoms. The molecule has 0 nitrogen and oxygen atoms in total. The molecule has 0 radical (unpaired) electrons. The summed E-state index contributed by atoms with van der Waals surface area (Å²) < 4.78 is 0. The van der Waals surface area contributed by atoms with Crippen molar-refractivity contribution in [2.45, 2.75) is 39.5 Å². The van der Waals surface area contributed by atoms with Crippen LogP contribution in [0.3, 0.4) is 0 Å². The van der Waals surface area contributed by atoms with Gasteiger partial charge in [0, 0.05) is 5.33 Å². The maximum Gasteiger partial charge on any atom is 0.00570 e. The molecule has 0 saturated heterocycles. The van der Waals surface area contributed by atoms with Gasteiger partial charge in [-0.05, 0) is 12.3 Å². The Labute approximate surface area is 67.2 Å². The lowest BCUT2D eigenvalue weighted by molar-refractivity contribution is 0.544. The van der Waals surface area contributed by atoms with Crippen LogP contribution in [-0.4, -0.2) is 5.33 Å². The summed E-state index contributed by atoms with van der Waals surface area (Å²) in [5.41, 5.74) is 0. The van der Waals surface area contributed by atoms with Crippen molar-refractivity contribution in [1.29, 1.82) is 0 Å². The van der Waals surface area contributed by atoms with Crippen LogP contribution >= 0.6 is 15.9 Å². The summed E-state index contributed by atoms with van der Waals surface area (Å²) in [4.78, 5) is 0. The summed E-state index contributed by atoms with van der Waals surface area (Å²) >= 11 is 3.47. The molecule has 1 atom stereocenters. The van der Waals surface area contributed by atoms with Crippen molar-refractivity contribution in [1.82, 2.24) is 0 Å². The van der Waals surface area contributed by atoms with Gasteiger partial charge in [-0.25, -0.2) is 0 Å². The van der Waals surface area contributed by atoms with E-state index < -0.39 is 0 Å². The third kappa shape index (κ3) is 6.36. The number of alkyl halides is 1. The summed E-state index contributed by atoms with van der Waals surface area (Å²) in [7, 11) is 0. The van der Waals surface area contributed by atoms with E-state index in [-0.39, 0.29) is 0 Å². The van der Waals surface area contributed by atoms with Gasteiger partial charge in [-0.3, -0.25) is 0 Å². The topological polar surface area (TPSA) is 0 Å². The van der Waals surface area contributed by atoms with Gasteiger partial charge in [0.2, 0.25) is 0 Å². The third-order valence-electron chi connectivity index (χ3n) is 1.56. The van der Waals surface area contributed by atoms with Gasteiger partial charge in [0.15, 0.2) is 0 Å². The smallest absolute Gasteiger partial charge is 0.00570 e. The number of hydrogen-bond donors (Lipinski definition) is 0. The summed E-state index contributed by atoms with van der Waals surface area (Å²) in [5, 5.41) is 1.16. The Bertz CT molecular complexity index is 52.5. The van der Waals surface area contributed by atoms with Crippen LogP contribution < -0.4 is 0 Å². The van der Waals surface area contributed by atoms with E-state index in [1.54, 1.807) is 0 Å². The van der Waals surface area contributed by atoms with Crippen molar-refractivity contribution in [2.24, 2.45) is 5.92 Å². The molecule has 0 N–H and O–H groups in total. The molecule has 0 saturated carbocycles. The Balaban J connectivity index is 2.88. The third-order valence-corrected chi connectivity index (χ3v) is 2.67. The van der Waals surface area contributed by atoms with Gasteiger partial charge in [-0.2, -0.15) is 0 Å². The Morgan fingerprint density at radius 3 is 2.44 bits per heavy atom. The predicted octanol–water partition coefficient (Wildman–Crippen LogP) is 3.60. The Kier molecular flexibility index (Phi) is 6.95. The standard InChI is InChI=1S/C8H17Br/c1-3-4-5-6-8(2)7-9/h8H,3-7H2,1-2H3/t8-/m1/s1. The molecule has 0 unspecified atom stereocenters. The normalized spacial score (nSPS) is 13.7. The van der Waals surface area contributed by atoms with Gasteiger partial charge in [0.05, 0.1) is 0 Å². The van der Waals surface area contributed by atoms with E-state index in [9.17, 15) is 0 Å². The molecule has 56 valence electrons. The molecule has 0 heterocycles. The van der Waals surface area contributed by atoms with Crippen molar-refractivity contribution in [3.05, 3.63) is 0 Å². The quantitative estimate of drug-likeness (QED) is 0.462. The molecule has 0 aromatic heterocycles. The van der Waals surface area contributed by atoms with E-state index in [2.05, 4.69) is 29.8 Å². The molecule has 0 amide bonds. The molecule has 9 heavy (non-hydrogen) atoms. The molecule has 0 aromatic rings. The van der Waals surface area contributed by atoms with E-state index in [1.807, 2.05) is 0 Å². The van der Waals surface area contributed by atoms with Crippen molar-refractivity contribution in [3.63, 3.8) is 0 Å². The average molecular weight is 193 g/mol. The fourth-order valence-corrected chi connectivity index (χ4v) is 1.14. The van der Waals surface area contributed by atoms with Gasteiger partial charge < -0.3 is 0 Å². The maximum atomic E-state index is 3.47. The van der Waals surface area contributed by atoms with Crippen molar-refractivity contribution < 1.29 is 0 Å². The minimum absolute atomic E-state index is 0.872. The van der Waals surface area contributed by atoms with Crippen molar-refractivity contribution in [2.75, 3.05) is 5.33 Å². The number of rotatable bonds is 5. The molecule has 1 heteroatoms. The zero-order valence-electron chi connectivity index (χ0n) is 6.49. The first-order valence-electron chi connectivity index (χ1n) is 3.87. The van der Waals surface area contributed by atoms with Crippen LogP contribution in [0, 0.1) is 5.92 Å². The lowest BCUT2D eigenvalue weighted by atomic mass is 10.1. The first kappa shape index (κ1) is 9.48. The van der Waals surface area contributed by atoms with Crippen LogP contribution in [0.15, 0.2) is 0 Å². The molecule has 0 aliphatic carbocycles. The zero-order chi connectivity index (χ0) is 7.11. The largest absolute Gasteiger partial charge is 0.0925 e. The Morgan fingerprint density at radius 2 is 2.00 bits per heavy atom. The van der Waals surface area contributed by atoms with E-state index >= 15 is 0 Å². The molecule has 0 aliphatic heterocycles. The van der Waals surface area contributed by atoms with Crippen molar-refractivity contribution >= 4 is 15.9 Å². The Morgan fingerprint density at radius 1 is 1.33 bits per heavy atom. The monoisotopic (exact) mass is 192 g/mol. The van der Waals surface area contributed by atoms with Gasteiger partial charge >= 0.3 is 0 Å². The molecule has 0 bridgehead atoms. The van der Waals surface area contributed by atoms with Crippen LogP contribution in [-0.2, 0) is 0 Å². The molecule has 0 rings (SSSR count). The van der Waals surface area contributed by atoms with Crippen LogP contribution in [0.4, 0.5) is 0 Å². The second-order valence-corrected chi connectivity index (χ2v) is 3.40. The van der Waals surface area contributed by atoms with Crippen LogP contribution in [0.1, 0.15) is 39.5 Å². The maximum absolute atomic E-state index is 3.47. The fraction of sp³-hybridized carbons (Fsp3) is 1.00. The highest BCUT2D eigenvalue weighted by Gasteiger charge is 1.96. The van der Waals surface area contributed by atoms with E-state index in [0.717, 1.165) is 11.2 Å². The molecular weight excluding hydrogens is 176 g/mol. The average Bonchev–Trinajstić information content (AvgIpc) is 1.89. The summed E-state index contributed by atoms with van der Waals surface area (Å²) in [5.74, 6) is 0.872. The van der Waals surface area contributed by atoms with E-state index in [4.69, 9.17) is 0 Å². The van der Waals surface area contributed by atoms with E-state index in [0.29, 0.717) is 0 Å². The molecule has 0 aromatic carbocycles. The molecule has 0 fully saturated rings. The van der Waals surface area contributed by atoms with Gasteiger partial charge in [0.1, 0.15) is 0 Å². The fourth-order valence-electron chi connectivity index (χ4n) is 0.820. The first-order chi connectivity index (χ1) is 4.31. The highest BCUT2D eigenvalue weighted by molar-refractivity contribution is 9.09. The lowest BCUT2D eigenvalue weighted by Crippen LogP contribution is -1.94. The van der Waals surface area contributed by atoms with Crippen LogP contribution in [0.25, 0.3) is 0 Å². The molecule has 0 aliphatic rings. The SMILES string of the molecule is CCCCC[C@@H](C)CBr. The van der Waals surface area contributed by atoms with E-state index in [1.165, 1.54) is 25.7 Å². The highest BCUT2D eigenvalue weighted by atomic mass is 79.9. The van der Waals surface area contributed by atoms with Crippen LogP contribution in [0.5, 0.6) is 0 Å². The second kappa shape index (κ2) is 6.60. The minimum Gasteiger partial charge on any atom is -0.0925 e. The second-order valence-electron chi connectivity index (χ2n) is 2.76. The van der Waals surface area contributed by atoms with Crippen LogP contribution in [0.2, 0.25) is 0 Å². The summed E-state index contributed by atoms with van der Waals surface area (Å²) in [6.45, 7) is 4.54. The predicted molar refractivity (Wildman–Crippen MR) is 47.1 cm³/mol. The van der Waals surface area contributed by atoms with Gasteiger partial charge in [-0.1, -0.05) is 49.0 Å². The summed E-state index contributed by atoms with van der Waals surface area (Å²) in [6, 6.07) is 0. The highest BCUT2D eigenvalue weighted by Crippen LogP contribution is 2.10. The van der Waals surface area contributed by atoms with Gasteiger partial charge in [-0.15, -0.1) is 0 Å². The minimum atomic E-state index is 0.872. The van der Waals surface area contributed by atoms with Crippen molar-refractivity contribution in [3.8, 4) is 0 Å². The lowest BCUT2D eigenvalue weighted by Gasteiger charge is -2.04. The number of unbranched alkanes of at least 4 members (excludes halogenated alkanes) is 2.